The molecule has 1 aromatic heterocycles. The molecule has 0 saturated heterocycles. The number of nitrogens with one attached hydrogen (secondary N) is 1. The van der Waals surface area contributed by atoms with Gasteiger partial charge in [0.1, 0.15) is 0 Å². The van der Waals surface area contributed by atoms with Crippen LogP contribution in [0.3, 0.4) is 0 Å². The Balaban J connectivity index is 2.55. The van der Waals surface area contributed by atoms with E-state index in [0.29, 0.717) is 13.0 Å². The van der Waals surface area contributed by atoms with Gasteiger partial charge in [-0.25, -0.2) is 0 Å². The molecule has 0 spiro atoms. The summed E-state index contributed by atoms with van der Waals surface area (Å²) in [5.74, 6) is 0.0412. The van der Waals surface area contributed by atoms with Crippen LogP contribution in [0.25, 0.3) is 0 Å². The minimum atomic E-state index is 0.0412. The lowest BCUT2D eigenvalue weighted by Crippen LogP contribution is -2.40. The average molecular weight is 210 g/mol. The fourth-order valence-corrected chi connectivity index (χ4v) is 1.25. The van der Waals surface area contributed by atoms with E-state index in [2.05, 4.69) is 10.2 Å². The molecule has 0 radical (unpaired) electrons. The predicted octanol–water partition coefficient (Wildman–Crippen LogP) is 0.0662. The fraction of sp³-hybridized carbons (Fsp3) is 0.600. The summed E-state index contributed by atoms with van der Waals surface area (Å²) in [6, 6.07) is 1.94. The molecule has 0 saturated carbocycles. The molecule has 1 unspecified atom stereocenters. The third-order valence-electron chi connectivity index (χ3n) is 2.49. The van der Waals surface area contributed by atoms with Gasteiger partial charge < -0.3 is 10.6 Å². The summed E-state index contributed by atoms with van der Waals surface area (Å²) < 4.78 is 0. The highest BCUT2D eigenvalue weighted by atomic mass is 16.2. The summed E-state index contributed by atoms with van der Waals surface area (Å²) in [5, 5.41) is 6.83. The number of carbonyl (C=O) groups is 1. The van der Waals surface area contributed by atoms with E-state index in [1.54, 1.807) is 11.9 Å². The number of rotatable bonds is 4. The molecule has 3 N–H and O–H groups in total. The molecule has 0 fully saturated rings. The van der Waals surface area contributed by atoms with Crippen molar-refractivity contribution in [1.82, 2.24) is 15.1 Å². The number of aromatic nitrogens is 2. The molecule has 0 bridgehead atoms. The number of hydrogen-bond donors (Lipinski definition) is 2. The van der Waals surface area contributed by atoms with Crippen molar-refractivity contribution in [2.75, 3.05) is 13.6 Å². The molecule has 0 aliphatic heterocycles. The molecule has 1 amide bonds. The zero-order valence-electron chi connectivity index (χ0n) is 9.45. The SMILES string of the molecule is Cc1cc(CC(=O)N(C)C(C)CN)n[nH]1. The Morgan fingerprint density at radius 2 is 2.40 bits per heavy atom. The molecule has 84 valence electrons. The highest BCUT2D eigenvalue weighted by molar-refractivity contribution is 5.78. The van der Waals surface area contributed by atoms with Crippen molar-refractivity contribution in [2.24, 2.45) is 5.73 Å². The van der Waals surface area contributed by atoms with Crippen molar-refractivity contribution < 1.29 is 4.79 Å². The van der Waals surface area contributed by atoms with Crippen LogP contribution in [0, 0.1) is 6.92 Å². The summed E-state index contributed by atoms with van der Waals surface area (Å²) in [6.07, 6.45) is 0.325. The zero-order valence-corrected chi connectivity index (χ0v) is 9.45. The van der Waals surface area contributed by atoms with Crippen LogP contribution < -0.4 is 5.73 Å². The van der Waals surface area contributed by atoms with Crippen LogP contribution in [-0.4, -0.2) is 40.6 Å². The largest absolute Gasteiger partial charge is 0.341 e. The van der Waals surface area contributed by atoms with Crippen molar-refractivity contribution in [3.8, 4) is 0 Å². The first kappa shape index (κ1) is 11.7. The number of H-pyrrole nitrogens is 1. The van der Waals surface area contributed by atoms with Gasteiger partial charge in [-0.3, -0.25) is 9.89 Å². The maximum atomic E-state index is 11.7. The molecule has 0 aliphatic rings. The average Bonchev–Trinajstić information content (AvgIpc) is 2.61. The van der Waals surface area contributed by atoms with Crippen molar-refractivity contribution in [1.29, 1.82) is 0 Å². The summed E-state index contributed by atoms with van der Waals surface area (Å²) in [5.41, 5.74) is 7.23. The molecular formula is C10H18N4O. The quantitative estimate of drug-likeness (QED) is 0.738. The first-order valence-corrected chi connectivity index (χ1v) is 5.01. The number of aryl methyl sites for hydroxylation is 1. The van der Waals surface area contributed by atoms with E-state index in [-0.39, 0.29) is 11.9 Å². The van der Waals surface area contributed by atoms with Crippen LogP contribution in [0.4, 0.5) is 0 Å². The first-order valence-electron chi connectivity index (χ1n) is 5.01. The van der Waals surface area contributed by atoms with Gasteiger partial charge in [0.25, 0.3) is 0 Å². The second kappa shape index (κ2) is 4.93. The zero-order chi connectivity index (χ0) is 11.4. The third kappa shape index (κ3) is 3.06. The number of hydrogen-bond acceptors (Lipinski definition) is 3. The van der Waals surface area contributed by atoms with Crippen LogP contribution in [0.5, 0.6) is 0 Å². The lowest BCUT2D eigenvalue weighted by atomic mass is 10.2. The summed E-state index contributed by atoms with van der Waals surface area (Å²) in [7, 11) is 1.76. The summed E-state index contributed by atoms with van der Waals surface area (Å²) in [4.78, 5) is 13.4. The second-order valence-electron chi connectivity index (χ2n) is 3.81. The molecule has 5 nitrogen and oxygen atoms in total. The normalized spacial score (nSPS) is 12.5. The molecule has 15 heavy (non-hydrogen) atoms. The Kier molecular flexibility index (Phi) is 3.85. The summed E-state index contributed by atoms with van der Waals surface area (Å²) >= 11 is 0. The molecule has 1 heterocycles. The minimum Gasteiger partial charge on any atom is -0.341 e. The van der Waals surface area contributed by atoms with Gasteiger partial charge in [-0.15, -0.1) is 0 Å². The maximum Gasteiger partial charge on any atom is 0.228 e. The van der Waals surface area contributed by atoms with Gasteiger partial charge in [-0.1, -0.05) is 0 Å². The highest BCUT2D eigenvalue weighted by Crippen LogP contribution is 2.03. The van der Waals surface area contributed by atoms with Gasteiger partial charge in [0.15, 0.2) is 0 Å². The van der Waals surface area contributed by atoms with E-state index in [9.17, 15) is 4.79 Å². The Morgan fingerprint density at radius 1 is 1.73 bits per heavy atom. The Hall–Kier alpha value is -1.36. The van der Waals surface area contributed by atoms with E-state index < -0.39 is 0 Å². The van der Waals surface area contributed by atoms with E-state index >= 15 is 0 Å². The van der Waals surface area contributed by atoms with E-state index in [1.807, 2.05) is 19.9 Å². The molecule has 1 aromatic rings. The first-order chi connectivity index (χ1) is 7.04. The summed E-state index contributed by atoms with van der Waals surface area (Å²) in [6.45, 7) is 4.31. The minimum absolute atomic E-state index is 0.0412. The van der Waals surface area contributed by atoms with Gasteiger partial charge in [0, 0.05) is 25.3 Å². The maximum absolute atomic E-state index is 11.7. The van der Waals surface area contributed by atoms with Crippen molar-refractivity contribution in [3.05, 3.63) is 17.5 Å². The Morgan fingerprint density at radius 3 is 2.87 bits per heavy atom. The highest BCUT2D eigenvalue weighted by Gasteiger charge is 2.15. The van der Waals surface area contributed by atoms with Gasteiger partial charge in [0.05, 0.1) is 12.1 Å². The van der Waals surface area contributed by atoms with Gasteiger partial charge in [-0.05, 0) is 19.9 Å². The van der Waals surface area contributed by atoms with Crippen molar-refractivity contribution in [3.63, 3.8) is 0 Å². The van der Waals surface area contributed by atoms with E-state index in [4.69, 9.17) is 5.73 Å². The molecular weight excluding hydrogens is 192 g/mol. The van der Waals surface area contributed by atoms with Crippen molar-refractivity contribution in [2.45, 2.75) is 26.3 Å². The van der Waals surface area contributed by atoms with Crippen LogP contribution in [0.1, 0.15) is 18.3 Å². The van der Waals surface area contributed by atoms with E-state index in [0.717, 1.165) is 11.4 Å². The number of nitrogens with zero attached hydrogens (tertiary/aromatic N) is 2. The fourth-order valence-electron chi connectivity index (χ4n) is 1.25. The standard InChI is InChI=1S/C10H18N4O/c1-7-4-9(13-12-7)5-10(15)14(3)8(2)6-11/h4,8H,5-6,11H2,1-3H3,(H,12,13). The lowest BCUT2D eigenvalue weighted by Gasteiger charge is -2.23. The van der Waals surface area contributed by atoms with Gasteiger partial charge >= 0.3 is 0 Å². The number of carbonyl (C=O) groups excluding carboxylic acids is 1. The van der Waals surface area contributed by atoms with Crippen LogP contribution in [0.15, 0.2) is 6.07 Å². The van der Waals surface area contributed by atoms with Crippen LogP contribution in [0.2, 0.25) is 0 Å². The Labute approximate surface area is 89.6 Å². The number of nitrogens with two attached hydrogens (primary N) is 1. The van der Waals surface area contributed by atoms with Crippen LogP contribution >= 0.6 is 0 Å². The number of likely N-dealkylation sites (N-methyl/N-ethyl adjacent to an activating group) is 1. The van der Waals surface area contributed by atoms with Crippen LogP contribution in [-0.2, 0) is 11.2 Å². The number of amides is 1. The third-order valence-corrected chi connectivity index (χ3v) is 2.49. The molecule has 1 rings (SSSR count). The molecule has 0 aliphatic carbocycles. The molecule has 5 heteroatoms. The lowest BCUT2D eigenvalue weighted by molar-refractivity contribution is -0.130. The monoisotopic (exact) mass is 210 g/mol. The molecule has 0 aromatic carbocycles. The van der Waals surface area contributed by atoms with E-state index in [1.165, 1.54) is 0 Å². The number of aromatic amines is 1. The second-order valence-corrected chi connectivity index (χ2v) is 3.81. The topological polar surface area (TPSA) is 75.0 Å². The van der Waals surface area contributed by atoms with Gasteiger partial charge in [0.2, 0.25) is 5.91 Å². The smallest absolute Gasteiger partial charge is 0.228 e. The predicted molar refractivity (Wildman–Crippen MR) is 58.3 cm³/mol. The van der Waals surface area contributed by atoms with Crippen molar-refractivity contribution >= 4 is 5.91 Å². The van der Waals surface area contributed by atoms with Gasteiger partial charge in [-0.2, -0.15) is 5.10 Å². The molecule has 1 atom stereocenters. The Bertz CT molecular complexity index is 334.